The number of benzene rings is 1. The summed E-state index contributed by atoms with van der Waals surface area (Å²) < 4.78 is 32.7. The zero-order valence-corrected chi connectivity index (χ0v) is 15.6. The Kier molecular flexibility index (Phi) is 6.64. The van der Waals surface area contributed by atoms with E-state index in [1.807, 2.05) is 12.1 Å². The lowest BCUT2D eigenvalue weighted by Crippen LogP contribution is -2.41. The highest BCUT2D eigenvalue weighted by Gasteiger charge is 2.31. The molecule has 0 radical (unpaired) electrons. The second-order valence-electron chi connectivity index (χ2n) is 6.46. The molecule has 0 spiro atoms. The van der Waals surface area contributed by atoms with Crippen molar-refractivity contribution < 1.29 is 13.2 Å². The molecule has 2 heterocycles. The Morgan fingerprint density at radius 2 is 1.88 bits per heavy atom. The van der Waals surface area contributed by atoms with Crippen LogP contribution >= 0.6 is 12.4 Å². The van der Waals surface area contributed by atoms with Gasteiger partial charge >= 0.3 is 0 Å². The molecule has 2 aliphatic rings. The Labute approximate surface area is 150 Å². The number of ether oxygens (including phenoxy) is 1. The van der Waals surface area contributed by atoms with Gasteiger partial charge in [0, 0.05) is 38.8 Å². The predicted molar refractivity (Wildman–Crippen MR) is 95.7 cm³/mol. The maximum Gasteiger partial charge on any atom is 0.243 e. The summed E-state index contributed by atoms with van der Waals surface area (Å²) in [6.45, 7) is 6.24. The van der Waals surface area contributed by atoms with Crippen molar-refractivity contribution in [3.63, 3.8) is 0 Å². The third-order valence-electron chi connectivity index (χ3n) is 4.70. The number of rotatable bonds is 4. The van der Waals surface area contributed by atoms with Gasteiger partial charge in [0.15, 0.2) is 0 Å². The van der Waals surface area contributed by atoms with Crippen molar-refractivity contribution in [1.82, 2.24) is 9.21 Å². The van der Waals surface area contributed by atoms with Crippen LogP contribution in [0.1, 0.15) is 12.5 Å². The molecule has 0 amide bonds. The van der Waals surface area contributed by atoms with Crippen LogP contribution in [0.3, 0.4) is 0 Å². The number of likely N-dealkylation sites (tertiary alicyclic amines) is 1. The highest BCUT2D eigenvalue weighted by molar-refractivity contribution is 7.89. The third-order valence-corrected chi connectivity index (χ3v) is 6.70. The average Bonchev–Trinajstić information content (AvgIpc) is 2.86. The molecule has 2 saturated heterocycles. The van der Waals surface area contributed by atoms with Gasteiger partial charge < -0.3 is 10.5 Å². The van der Waals surface area contributed by atoms with Gasteiger partial charge in [0.2, 0.25) is 10.0 Å². The SMILES string of the molecule is CC1CN(Cc2ccccc2S(=O)(=O)N2CCOCC2)CC1N.Cl. The van der Waals surface area contributed by atoms with Gasteiger partial charge in [-0.3, -0.25) is 4.90 Å². The Hall–Kier alpha value is -0.700. The molecule has 2 atom stereocenters. The number of sulfonamides is 1. The topological polar surface area (TPSA) is 75.9 Å². The first-order chi connectivity index (χ1) is 11.0. The van der Waals surface area contributed by atoms with E-state index in [1.165, 1.54) is 4.31 Å². The van der Waals surface area contributed by atoms with E-state index < -0.39 is 10.0 Å². The van der Waals surface area contributed by atoms with E-state index in [1.54, 1.807) is 12.1 Å². The van der Waals surface area contributed by atoms with E-state index in [-0.39, 0.29) is 18.4 Å². The Bertz CT molecular complexity index is 640. The highest BCUT2D eigenvalue weighted by Crippen LogP contribution is 2.24. The fraction of sp³-hybridized carbons (Fsp3) is 0.625. The zero-order valence-electron chi connectivity index (χ0n) is 13.9. The van der Waals surface area contributed by atoms with Crippen LogP contribution in [0.25, 0.3) is 0 Å². The molecule has 1 aromatic carbocycles. The third kappa shape index (κ3) is 4.09. The molecule has 2 N–H and O–H groups in total. The number of nitrogens with zero attached hydrogens (tertiary/aromatic N) is 2. The van der Waals surface area contributed by atoms with Crippen LogP contribution in [0.15, 0.2) is 29.2 Å². The molecular formula is C16H26ClN3O3S. The standard InChI is InChI=1S/C16H25N3O3S.ClH/c1-13-10-18(12-15(13)17)11-14-4-2-3-5-16(14)23(20,21)19-6-8-22-9-7-19;/h2-5,13,15H,6-12,17H2,1H3;1H. The smallest absolute Gasteiger partial charge is 0.243 e. The van der Waals surface area contributed by atoms with Crippen LogP contribution < -0.4 is 5.73 Å². The first kappa shape index (κ1) is 19.6. The lowest BCUT2D eigenvalue weighted by Gasteiger charge is -2.27. The molecule has 2 unspecified atom stereocenters. The summed E-state index contributed by atoms with van der Waals surface area (Å²) in [6, 6.07) is 7.46. The summed E-state index contributed by atoms with van der Waals surface area (Å²) in [6.07, 6.45) is 0. The maximum atomic E-state index is 12.9. The Balaban J connectivity index is 0.00000208. The quantitative estimate of drug-likeness (QED) is 0.846. The second-order valence-corrected chi connectivity index (χ2v) is 8.37. The summed E-state index contributed by atoms with van der Waals surface area (Å²) >= 11 is 0. The number of nitrogens with two attached hydrogens (primary N) is 1. The van der Waals surface area contributed by atoms with Crippen molar-refractivity contribution in [3.8, 4) is 0 Å². The minimum absolute atomic E-state index is 0. The Morgan fingerprint density at radius 3 is 2.50 bits per heavy atom. The molecule has 2 fully saturated rings. The van der Waals surface area contributed by atoms with Crippen LogP contribution in [0.4, 0.5) is 0 Å². The summed E-state index contributed by atoms with van der Waals surface area (Å²) in [5.41, 5.74) is 6.93. The van der Waals surface area contributed by atoms with Gasteiger partial charge in [0.1, 0.15) is 0 Å². The maximum absolute atomic E-state index is 12.9. The van der Waals surface area contributed by atoms with E-state index in [0.29, 0.717) is 43.7 Å². The van der Waals surface area contributed by atoms with Gasteiger partial charge in [-0.2, -0.15) is 4.31 Å². The van der Waals surface area contributed by atoms with Crippen LogP contribution in [-0.4, -0.2) is 63.1 Å². The Morgan fingerprint density at radius 1 is 1.21 bits per heavy atom. The monoisotopic (exact) mass is 375 g/mol. The number of halogens is 1. The van der Waals surface area contributed by atoms with E-state index >= 15 is 0 Å². The lowest BCUT2D eigenvalue weighted by molar-refractivity contribution is 0.0730. The fourth-order valence-electron chi connectivity index (χ4n) is 3.28. The normalized spacial score (nSPS) is 26.2. The molecular weight excluding hydrogens is 350 g/mol. The minimum Gasteiger partial charge on any atom is -0.379 e. The molecule has 24 heavy (non-hydrogen) atoms. The summed E-state index contributed by atoms with van der Waals surface area (Å²) in [4.78, 5) is 2.65. The van der Waals surface area contributed by atoms with Crippen molar-refractivity contribution in [2.45, 2.75) is 24.4 Å². The van der Waals surface area contributed by atoms with Crippen molar-refractivity contribution in [1.29, 1.82) is 0 Å². The second kappa shape index (κ2) is 8.12. The van der Waals surface area contributed by atoms with E-state index in [9.17, 15) is 8.42 Å². The number of hydrogen-bond acceptors (Lipinski definition) is 5. The fourth-order valence-corrected chi connectivity index (χ4v) is 4.90. The van der Waals surface area contributed by atoms with E-state index in [4.69, 9.17) is 10.5 Å². The lowest BCUT2D eigenvalue weighted by atomic mass is 10.1. The first-order valence-electron chi connectivity index (χ1n) is 8.12. The average molecular weight is 376 g/mol. The van der Waals surface area contributed by atoms with Gasteiger partial charge in [-0.25, -0.2) is 8.42 Å². The molecule has 2 aliphatic heterocycles. The molecule has 0 saturated carbocycles. The van der Waals surface area contributed by atoms with Crippen molar-refractivity contribution >= 4 is 22.4 Å². The minimum atomic E-state index is -3.47. The van der Waals surface area contributed by atoms with Crippen molar-refractivity contribution in [2.24, 2.45) is 11.7 Å². The van der Waals surface area contributed by atoms with Crippen LogP contribution in [-0.2, 0) is 21.3 Å². The van der Waals surface area contributed by atoms with Crippen LogP contribution in [0.2, 0.25) is 0 Å². The number of hydrogen-bond donors (Lipinski definition) is 1. The van der Waals surface area contributed by atoms with Crippen LogP contribution in [0, 0.1) is 5.92 Å². The van der Waals surface area contributed by atoms with Gasteiger partial charge in [-0.1, -0.05) is 25.1 Å². The number of morpholine rings is 1. The van der Waals surface area contributed by atoms with E-state index in [2.05, 4.69) is 11.8 Å². The van der Waals surface area contributed by atoms with Gasteiger partial charge in [0.25, 0.3) is 0 Å². The van der Waals surface area contributed by atoms with E-state index in [0.717, 1.165) is 18.7 Å². The van der Waals surface area contributed by atoms with Crippen molar-refractivity contribution in [3.05, 3.63) is 29.8 Å². The molecule has 0 aliphatic carbocycles. The van der Waals surface area contributed by atoms with Gasteiger partial charge in [0.05, 0.1) is 18.1 Å². The molecule has 0 bridgehead atoms. The highest BCUT2D eigenvalue weighted by atomic mass is 35.5. The summed E-state index contributed by atoms with van der Waals surface area (Å²) in [5, 5.41) is 0. The van der Waals surface area contributed by atoms with Gasteiger partial charge in [-0.15, -0.1) is 12.4 Å². The van der Waals surface area contributed by atoms with Crippen LogP contribution in [0.5, 0.6) is 0 Å². The molecule has 8 heteroatoms. The first-order valence-corrected chi connectivity index (χ1v) is 9.56. The van der Waals surface area contributed by atoms with Crippen molar-refractivity contribution in [2.75, 3.05) is 39.4 Å². The molecule has 1 aromatic rings. The summed E-state index contributed by atoms with van der Waals surface area (Å²) in [5.74, 6) is 0.443. The molecule has 6 nitrogen and oxygen atoms in total. The zero-order chi connectivity index (χ0) is 16.4. The molecule has 3 rings (SSSR count). The largest absolute Gasteiger partial charge is 0.379 e. The van der Waals surface area contributed by atoms with Gasteiger partial charge in [-0.05, 0) is 17.5 Å². The molecule has 0 aromatic heterocycles. The molecule has 136 valence electrons. The predicted octanol–water partition coefficient (Wildman–Crippen LogP) is 0.908. The summed E-state index contributed by atoms with van der Waals surface area (Å²) in [7, 11) is -3.47.